The molecule has 1 heterocycles. The number of carbonyl (C=O) groups excluding carboxylic acids is 1. The summed E-state index contributed by atoms with van der Waals surface area (Å²) in [5.74, 6) is -1.43. The molecule has 2 aromatic rings. The van der Waals surface area contributed by atoms with Gasteiger partial charge in [0.15, 0.2) is 12.1 Å². The van der Waals surface area contributed by atoms with Crippen LogP contribution in [0.1, 0.15) is 15.9 Å². The third kappa shape index (κ3) is 5.13. The minimum absolute atomic E-state index is 0.0117. The van der Waals surface area contributed by atoms with Crippen molar-refractivity contribution in [2.45, 2.75) is 43.2 Å². The highest BCUT2D eigenvalue weighted by Gasteiger charge is 2.45. The molecule has 168 valence electrons. The second-order valence-electron chi connectivity index (χ2n) is 7.26. The lowest BCUT2D eigenvalue weighted by molar-refractivity contribution is -0.306. The molecule has 0 saturated carbocycles. The summed E-state index contributed by atoms with van der Waals surface area (Å²) in [6, 6.07) is 9.29. The lowest BCUT2D eigenvalue weighted by Crippen LogP contribution is -2.60. The molecular formula is C21H24O10. The number of hydrogen-bond donors (Lipinski definition) is 7. The van der Waals surface area contributed by atoms with Crippen molar-refractivity contribution in [2.75, 3.05) is 6.61 Å². The molecule has 1 fully saturated rings. The lowest BCUT2D eigenvalue weighted by atomic mass is 9.97. The predicted octanol–water partition coefficient (Wildman–Crippen LogP) is -0.586. The molecule has 31 heavy (non-hydrogen) atoms. The van der Waals surface area contributed by atoms with Crippen LogP contribution in [0.2, 0.25) is 0 Å². The van der Waals surface area contributed by atoms with E-state index in [2.05, 4.69) is 0 Å². The van der Waals surface area contributed by atoms with Crippen LogP contribution >= 0.6 is 0 Å². The number of aliphatic hydroxyl groups excluding tert-OH is 4. The van der Waals surface area contributed by atoms with Gasteiger partial charge in [0.2, 0.25) is 0 Å². The van der Waals surface area contributed by atoms with Crippen LogP contribution in [-0.2, 0) is 15.9 Å². The summed E-state index contributed by atoms with van der Waals surface area (Å²) in [6.07, 6.45) is -9.19. The van der Waals surface area contributed by atoms with Crippen molar-refractivity contribution in [2.24, 2.45) is 0 Å². The van der Waals surface area contributed by atoms with Gasteiger partial charge in [0.25, 0.3) is 0 Å². The van der Waals surface area contributed by atoms with Gasteiger partial charge in [0.1, 0.15) is 47.8 Å². The Hall–Kier alpha value is -2.73. The summed E-state index contributed by atoms with van der Waals surface area (Å²) in [5.41, 5.74) is 0.408. The normalized spacial score (nSPS) is 27.0. The van der Waals surface area contributed by atoms with Gasteiger partial charge in [-0.3, -0.25) is 4.79 Å². The minimum Gasteiger partial charge on any atom is -0.508 e. The van der Waals surface area contributed by atoms with E-state index in [-0.39, 0.29) is 23.5 Å². The van der Waals surface area contributed by atoms with E-state index in [1.165, 1.54) is 24.3 Å². The zero-order valence-corrected chi connectivity index (χ0v) is 16.3. The Morgan fingerprint density at radius 2 is 1.58 bits per heavy atom. The molecule has 0 aromatic heterocycles. The number of phenols is 3. The molecule has 7 N–H and O–H groups in total. The first-order valence-corrected chi connectivity index (χ1v) is 9.51. The quantitative estimate of drug-likeness (QED) is 0.278. The molecule has 3 rings (SSSR count). The van der Waals surface area contributed by atoms with E-state index >= 15 is 0 Å². The van der Waals surface area contributed by atoms with Gasteiger partial charge in [0.05, 0.1) is 12.2 Å². The van der Waals surface area contributed by atoms with Gasteiger partial charge < -0.3 is 45.2 Å². The molecule has 0 radical (unpaired) electrons. The number of carbonyl (C=O) groups is 1. The molecule has 1 aliphatic rings. The number of ketones is 1. The van der Waals surface area contributed by atoms with Crippen molar-refractivity contribution >= 4 is 5.78 Å². The Morgan fingerprint density at radius 3 is 2.19 bits per heavy atom. The summed E-state index contributed by atoms with van der Waals surface area (Å²) in [7, 11) is 0. The Kier molecular flexibility index (Phi) is 7.11. The lowest BCUT2D eigenvalue weighted by Gasteiger charge is -2.40. The third-order valence-corrected chi connectivity index (χ3v) is 5.04. The molecular weight excluding hydrogens is 412 g/mol. The standard InChI is InChI=1S/C21H24O10/c22-9-16-18(27)19(28)20(29)21(31-16)30-15(7-10-1-3-11(23)4-2-10)17(26)13-6-5-12(24)8-14(13)25/h1-6,8,15-16,18-25,27-29H,7,9H2/t15-,16+,18+,19-,20+,21+/m1/s1. The van der Waals surface area contributed by atoms with Crippen molar-refractivity contribution in [3.05, 3.63) is 53.6 Å². The Bertz CT molecular complexity index is 898. The van der Waals surface area contributed by atoms with Crippen molar-refractivity contribution < 1.29 is 50.0 Å². The maximum atomic E-state index is 13.1. The largest absolute Gasteiger partial charge is 0.508 e. The monoisotopic (exact) mass is 436 g/mol. The number of aromatic hydroxyl groups is 3. The predicted molar refractivity (Wildman–Crippen MR) is 105 cm³/mol. The molecule has 10 heteroatoms. The van der Waals surface area contributed by atoms with Crippen LogP contribution in [-0.4, -0.2) is 84.9 Å². The van der Waals surface area contributed by atoms with Gasteiger partial charge in [-0.15, -0.1) is 0 Å². The van der Waals surface area contributed by atoms with Crippen molar-refractivity contribution in [1.82, 2.24) is 0 Å². The van der Waals surface area contributed by atoms with Crippen molar-refractivity contribution in [1.29, 1.82) is 0 Å². The second kappa shape index (κ2) is 9.60. The number of Topliss-reactive ketones (excluding diaryl/α,β-unsaturated/α-hetero) is 1. The summed E-state index contributed by atoms with van der Waals surface area (Å²) in [5, 5.41) is 68.5. The molecule has 1 saturated heterocycles. The zero-order valence-electron chi connectivity index (χ0n) is 16.3. The van der Waals surface area contributed by atoms with Gasteiger partial charge in [-0.05, 0) is 29.8 Å². The van der Waals surface area contributed by atoms with E-state index in [1.807, 2.05) is 0 Å². The molecule has 0 unspecified atom stereocenters. The van der Waals surface area contributed by atoms with Crippen molar-refractivity contribution in [3.8, 4) is 17.2 Å². The average molecular weight is 436 g/mol. The van der Waals surface area contributed by atoms with Gasteiger partial charge in [-0.2, -0.15) is 0 Å². The summed E-state index contributed by atoms with van der Waals surface area (Å²) >= 11 is 0. The Labute approximate surface area is 177 Å². The molecule has 6 atom stereocenters. The molecule has 0 bridgehead atoms. The number of benzene rings is 2. The van der Waals surface area contributed by atoms with E-state index in [9.17, 15) is 40.5 Å². The molecule has 1 aliphatic heterocycles. The molecule has 10 nitrogen and oxygen atoms in total. The van der Waals surface area contributed by atoms with Crippen LogP contribution in [0.5, 0.6) is 17.2 Å². The van der Waals surface area contributed by atoms with Gasteiger partial charge in [-0.25, -0.2) is 0 Å². The van der Waals surface area contributed by atoms with Crippen LogP contribution in [0.3, 0.4) is 0 Å². The number of phenolic OH excluding ortho intramolecular Hbond substituents is 3. The fraction of sp³-hybridized carbons (Fsp3) is 0.381. The van der Waals surface area contributed by atoms with E-state index in [4.69, 9.17) is 9.47 Å². The zero-order chi connectivity index (χ0) is 22.7. The minimum atomic E-state index is -1.72. The highest BCUT2D eigenvalue weighted by molar-refractivity contribution is 6.02. The third-order valence-electron chi connectivity index (χ3n) is 5.04. The second-order valence-corrected chi connectivity index (χ2v) is 7.26. The highest BCUT2D eigenvalue weighted by Crippen LogP contribution is 2.28. The van der Waals surface area contributed by atoms with Gasteiger partial charge >= 0.3 is 0 Å². The number of aliphatic hydroxyl groups is 4. The molecule has 0 amide bonds. The number of rotatable bonds is 7. The summed E-state index contributed by atoms with van der Waals surface area (Å²) in [6.45, 7) is -0.667. The van der Waals surface area contributed by atoms with Crippen LogP contribution in [0.25, 0.3) is 0 Å². The van der Waals surface area contributed by atoms with Crippen LogP contribution in [0.4, 0.5) is 0 Å². The van der Waals surface area contributed by atoms with Crippen LogP contribution in [0, 0.1) is 0 Å². The topological polar surface area (TPSA) is 177 Å². The van der Waals surface area contributed by atoms with Crippen molar-refractivity contribution in [3.63, 3.8) is 0 Å². The molecule has 0 spiro atoms. The fourth-order valence-electron chi connectivity index (χ4n) is 3.29. The Morgan fingerprint density at radius 1 is 0.935 bits per heavy atom. The highest BCUT2D eigenvalue weighted by atomic mass is 16.7. The van der Waals surface area contributed by atoms with E-state index in [0.29, 0.717) is 5.56 Å². The number of hydrogen-bond acceptors (Lipinski definition) is 10. The van der Waals surface area contributed by atoms with E-state index in [1.54, 1.807) is 12.1 Å². The average Bonchev–Trinajstić information content (AvgIpc) is 2.74. The van der Waals surface area contributed by atoms with E-state index in [0.717, 1.165) is 6.07 Å². The first-order chi connectivity index (χ1) is 14.7. The fourth-order valence-corrected chi connectivity index (χ4v) is 3.29. The molecule has 2 aromatic carbocycles. The molecule has 0 aliphatic carbocycles. The SMILES string of the molecule is O=C(c1ccc(O)cc1O)[C@@H](Cc1ccc(O)cc1)O[C@H]1O[C@@H](CO)[C@H](O)[C@@H](O)[C@@H]1O. The maximum absolute atomic E-state index is 13.1. The van der Waals surface area contributed by atoms with Gasteiger partial charge in [0, 0.05) is 12.5 Å². The summed E-state index contributed by atoms with van der Waals surface area (Å²) in [4.78, 5) is 13.1. The Balaban J connectivity index is 1.89. The first kappa shape index (κ1) is 22.9. The van der Waals surface area contributed by atoms with Crippen LogP contribution < -0.4 is 0 Å². The first-order valence-electron chi connectivity index (χ1n) is 9.51. The van der Waals surface area contributed by atoms with Crippen LogP contribution in [0.15, 0.2) is 42.5 Å². The smallest absolute Gasteiger partial charge is 0.195 e. The van der Waals surface area contributed by atoms with Gasteiger partial charge in [-0.1, -0.05) is 12.1 Å². The maximum Gasteiger partial charge on any atom is 0.195 e. The van der Waals surface area contributed by atoms with E-state index < -0.39 is 54.9 Å². The number of ether oxygens (including phenoxy) is 2. The summed E-state index contributed by atoms with van der Waals surface area (Å²) < 4.78 is 11.0.